The molecule has 0 atom stereocenters. The molecule has 7 heteroatoms. The lowest BCUT2D eigenvalue weighted by molar-refractivity contribution is 0.101. The van der Waals surface area contributed by atoms with Crippen molar-refractivity contribution in [1.29, 1.82) is 0 Å². The molecule has 96 valence electrons. The summed E-state index contributed by atoms with van der Waals surface area (Å²) in [7, 11) is 0. The van der Waals surface area contributed by atoms with Gasteiger partial charge in [-0.15, -0.1) is 0 Å². The number of imidazole rings is 1. The van der Waals surface area contributed by atoms with Crippen LogP contribution in [-0.4, -0.2) is 15.8 Å². The number of ketones is 1. The lowest BCUT2D eigenvalue weighted by atomic mass is 10.1. The van der Waals surface area contributed by atoms with Crippen LogP contribution in [-0.2, 0) is 0 Å². The van der Waals surface area contributed by atoms with Crippen molar-refractivity contribution in [3.05, 3.63) is 55.8 Å². The Balaban J connectivity index is 2.16. The number of benzene rings is 1. The molecule has 0 amide bonds. The second kappa shape index (κ2) is 4.40. The largest absolute Gasteiger partial charge is 0.441 e. The third-order valence-corrected chi connectivity index (χ3v) is 3.50. The van der Waals surface area contributed by atoms with Gasteiger partial charge in [-0.1, -0.05) is 0 Å². The Kier molecular flexibility index (Phi) is 2.83. The highest BCUT2D eigenvalue weighted by Gasteiger charge is 2.17. The van der Waals surface area contributed by atoms with Crippen molar-refractivity contribution in [1.82, 2.24) is 9.97 Å². The van der Waals surface area contributed by atoms with E-state index in [1.807, 2.05) is 0 Å². The van der Waals surface area contributed by atoms with Crippen LogP contribution in [0.3, 0.4) is 0 Å². The van der Waals surface area contributed by atoms with E-state index in [0.29, 0.717) is 21.1 Å². The highest BCUT2D eigenvalue weighted by Crippen LogP contribution is 2.25. The minimum Gasteiger partial charge on any atom is -0.441 e. The number of hydrogen-bond donors (Lipinski definition) is 2. The zero-order valence-corrected chi connectivity index (χ0v) is 11.6. The molecule has 0 aliphatic carbocycles. The number of H-pyrrole nitrogens is 2. The van der Waals surface area contributed by atoms with Gasteiger partial charge in [0.2, 0.25) is 5.78 Å². The summed E-state index contributed by atoms with van der Waals surface area (Å²) in [6, 6.07) is 6.24. The van der Waals surface area contributed by atoms with Gasteiger partial charge in [-0.05, 0) is 51.8 Å². The SMILES string of the molecule is O=C(c1ccc(Cl)o1)c1cc2[nH]c(=O)[nH]c2cc1Br. The second-order valence-electron chi connectivity index (χ2n) is 3.89. The van der Waals surface area contributed by atoms with Crippen molar-refractivity contribution in [2.24, 2.45) is 0 Å². The number of carbonyl (C=O) groups excluding carboxylic acids is 1. The molecular formula is C12H6BrClN2O3. The third-order valence-electron chi connectivity index (χ3n) is 2.65. The topological polar surface area (TPSA) is 78.9 Å². The Hall–Kier alpha value is -1.79. The predicted octanol–water partition coefficient (Wildman–Crippen LogP) is 3.10. The average molecular weight is 342 g/mol. The Bertz CT molecular complexity index is 846. The molecule has 0 bridgehead atoms. The van der Waals surface area contributed by atoms with Crippen molar-refractivity contribution in [2.45, 2.75) is 0 Å². The van der Waals surface area contributed by atoms with Crippen LogP contribution >= 0.6 is 27.5 Å². The van der Waals surface area contributed by atoms with E-state index in [1.165, 1.54) is 12.1 Å². The molecule has 0 spiro atoms. The van der Waals surface area contributed by atoms with E-state index >= 15 is 0 Å². The Morgan fingerprint density at radius 3 is 2.53 bits per heavy atom. The number of carbonyl (C=O) groups is 1. The van der Waals surface area contributed by atoms with Crippen LogP contribution in [0.4, 0.5) is 0 Å². The zero-order valence-electron chi connectivity index (χ0n) is 9.29. The first-order chi connectivity index (χ1) is 9.04. The fourth-order valence-electron chi connectivity index (χ4n) is 1.80. The van der Waals surface area contributed by atoms with Gasteiger partial charge in [-0.25, -0.2) is 4.79 Å². The number of aromatic amines is 2. The van der Waals surface area contributed by atoms with Gasteiger partial charge in [-0.2, -0.15) is 0 Å². The van der Waals surface area contributed by atoms with E-state index in [-0.39, 0.29) is 22.5 Å². The van der Waals surface area contributed by atoms with Crippen LogP contribution in [0.15, 0.2) is 37.9 Å². The maximum absolute atomic E-state index is 12.2. The summed E-state index contributed by atoms with van der Waals surface area (Å²) in [5, 5.41) is 0.149. The van der Waals surface area contributed by atoms with Gasteiger partial charge in [-0.3, -0.25) is 4.79 Å². The van der Waals surface area contributed by atoms with Gasteiger partial charge in [0.1, 0.15) is 0 Å². The van der Waals surface area contributed by atoms with Crippen LogP contribution in [0.25, 0.3) is 11.0 Å². The minimum atomic E-state index is -0.326. The Morgan fingerprint density at radius 1 is 1.21 bits per heavy atom. The molecule has 5 nitrogen and oxygen atoms in total. The van der Waals surface area contributed by atoms with Crippen LogP contribution in [0, 0.1) is 0 Å². The van der Waals surface area contributed by atoms with Crippen LogP contribution in [0.1, 0.15) is 16.1 Å². The van der Waals surface area contributed by atoms with E-state index < -0.39 is 0 Å². The van der Waals surface area contributed by atoms with E-state index in [9.17, 15) is 9.59 Å². The lowest BCUT2D eigenvalue weighted by Gasteiger charge is -2.01. The highest BCUT2D eigenvalue weighted by molar-refractivity contribution is 9.10. The van der Waals surface area contributed by atoms with Gasteiger partial charge in [0.05, 0.1) is 11.0 Å². The first kappa shape index (κ1) is 12.3. The molecule has 0 radical (unpaired) electrons. The molecule has 3 aromatic rings. The molecule has 3 rings (SSSR count). The molecule has 0 saturated carbocycles. The summed E-state index contributed by atoms with van der Waals surface area (Å²) in [5.41, 5.74) is 1.22. The molecule has 0 aliphatic heterocycles. The third kappa shape index (κ3) is 2.13. The van der Waals surface area contributed by atoms with Gasteiger partial charge in [0.15, 0.2) is 11.0 Å². The predicted molar refractivity (Wildman–Crippen MR) is 73.8 cm³/mol. The number of rotatable bonds is 2. The zero-order chi connectivity index (χ0) is 13.6. The van der Waals surface area contributed by atoms with Crippen molar-refractivity contribution in [3.63, 3.8) is 0 Å². The number of aromatic nitrogens is 2. The minimum absolute atomic E-state index is 0.142. The number of halogens is 2. The van der Waals surface area contributed by atoms with Gasteiger partial charge in [0.25, 0.3) is 0 Å². The summed E-state index contributed by atoms with van der Waals surface area (Å²) in [4.78, 5) is 28.7. The molecule has 0 aliphatic rings. The van der Waals surface area contributed by atoms with E-state index in [2.05, 4.69) is 25.9 Å². The molecule has 0 fully saturated rings. The smallest absolute Gasteiger partial charge is 0.323 e. The van der Waals surface area contributed by atoms with Crippen LogP contribution in [0.5, 0.6) is 0 Å². The monoisotopic (exact) mass is 340 g/mol. The maximum Gasteiger partial charge on any atom is 0.323 e. The number of fused-ring (bicyclic) bond motifs is 1. The molecule has 19 heavy (non-hydrogen) atoms. The van der Waals surface area contributed by atoms with Crippen LogP contribution < -0.4 is 5.69 Å². The number of nitrogens with one attached hydrogen (secondary N) is 2. The van der Waals surface area contributed by atoms with Gasteiger partial charge >= 0.3 is 5.69 Å². The highest BCUT2D eigenvalue weighted by atomic mass is 79.9. The summed E-state index contributed by atoms with van der Waals surface area (Å²) < 4.78 is 5.65. The van der Waals surface area contributed by atoms with Crippen molar-refractivity contribution < 1.29 is 9.21 Å². The molecule has 2 heterocycles. The molecule has 2 N–H and O–H groups in total. The Morgan fingerprint density at radius 2 is 1.89 bits per heavy atom. The van der Waals surface area contributed by atoms with Crippen molar-refractivity contribution >= 4 is 44.3 Å². The van der Waals surface area contributed by atoms with Gasteiger partial charge < -0.3 is 14.4 Å². The maximum atomic E-state index is 12.2. The van der Waals surface area contributed by atoms with E-state index in [1.54, 1.807) is 12.1 Å². The normalized spacial score (nSPS) is 11.1. The fourth-order valence-corrected chi connectivity index (χ4v) is 2.47. The van der Waals surface area contributed by atoms with Crippen molar-refractivity contribution in [2.75, 3.05) is 0 Å². The molecular weight excluding hydrogens is 336 g/mol. The lowest BCUT2D eigenvalue weighted by Crippen LogP contribution is -2.01. The summed E-state index contributed by atoms with van der Waals surface area (Å²) in [6.07, 6.45) is 0. The standard InChI is InChI=1S/C12H6BrClN2O3/c13-6-4-8-7(15-12(18)16-8)3-5(6)11(17)9-1-2-10(14)19-9/h1-4H,(H2,15,16,18). The molecule has 2 aromatic heterocycles. The first-order valence-corrected chi connectivity index (χ1v) is 6.43. The summed E-state index contributed by atoms with van der Waals surface area (Å²) in [5.74, 6) is -0.175. The van der Waals surface area contributed by atoms with Crippen molar-refractivity contribution in [3.8, 4) is 0 Å². The molecule has 0 saturated heterocycles. The quantitative estimate of drug-likeness (QED) is 0.703. The van der Waals surface area contributed by atoms with Gasteiger partial charge in [0, 0.05) is 10.0 Å². The summed E-state index contributed by atoms with van der Waals surface area (Å²) in [6.45, 7) is 0. The first-order valence-electron chi connectivity index (χ1n) is 5.26. The fraction of sp³-hybridized carbons (Fsp3) is 0. The molecule has 1 aromatic carbocycles. The van der Waals surface area contributed by atoms with Crippen LogP contribution in [0.2, 0.25) is 5.22 Å². The van der Waals surface area contributed by atoms with E-state index in [4.69, 9.17) is 16.0 Å². The number of hydrogen-bond acceptors (Lipinski definition) is 3. The van der Waals surface area contributed by atoms with E-state index in [0.717, 1.165) is 0 Å². The molecule has 0 unspecified atom stereocenters. The average Bonchev–Trinajstić information content (AvgIpc) is 2.92. The second-order valence-corrected chi connectivity index (χ2v) is 5.12. The Labute approximate surface area is 119 Å². The number of furan rings is 1. The summed E-state index contributed by atoms with van der Waals surface area (Å²) >= 11 is 8.95.